The molecule has 3 aliphatic heterocycles. The first-order valence-electron chi connectivity index (χ1n) is 22.1. The zero-order valence-electron chi connectivity index (χ0n) is 36.7. The average molecular weight is 810 g/mol. The number of anilines is 2. The molecule has 0 bridgehead atoms. The third kappa shape index (κ3) is 9.73. The molecule has 4 aromatic carbocycles. The summed E-state index contributed by atoms with van der Waals surface area (Å²) in [4.78, 5) is 30.6. The number of rotatable bonds is 16. The summed E-state index contributed by atoms with van der Waals surface area (Å²) < 4.78 is 2.30. The Kier molecular flexibility index (Phi) is 13.7. The number of carbonyl (C=O) groups excluding carboxylic acids is 2. The second-order valence-corrected chi connectivity index (χ2v) is 17.4. The minimum absolute atomic E-state index is 0.0341. The molecule has 0 saturated carbocycles. The fourth-order valence-corrected chi connectivity index (χ4v) is 9.14. The lowest BCUT2D eigenvalue weighted by Gasteiger charge is -2.27. The molecule has 6 nitrogen and oxygen atoms in total. The molecule has 0 saturated heterocycles. The predicted molar refractivity (Wildman–Crippen MR) is 253 cm³/mol. The number of carbonyl (C=O) groups is 2. The van der Waals surface area contributed by atoms with Gasteiger partial charge in [-0.1, -0.05) is 136 Å². The number of allylic oxidation sites excluding steroid dienone is 8. The van der Waals surface area contributed by atoms with Gasteiger partial charge in [0.2, 0.25) is 17.5 Å². The van der Waals surface area contributed by atoms with Gasteiger partial charge in [0.25, 0.3) is 0 Å². The van der Waals surface area contributed by atoms with E-state index in [4.69, 9.17) is 0 Å². The van der Waals surface area contributed by atoms with Crippen LogP contribution < -0.4 is 15.1 Å². The molecule has 0 spiro atoms. The molecule has 3 aliphatic rings. The number of hydrogen-bond donors (Lipinski definition) is 1. The van der Waals surface area contributed by atoms with Crippen molar-refractivity contribution in [3.63, 3.8) is 0 Å². The molecule has 3 heterocycles. The molecule has 0 radical (unpaired) electrons. The third-order valence-electron chi connectivity index (χ3n) is 12.5. The lowest BCUT2D eigenvalue weighted by atomic mass is 9.81. The number of nitrogens with one attached hydrogen (secondary N) is 1. The van der Waals surface area contributed by atoms with E-state index in [1.165, 1.54) is 33.9 Å². The largest absolute Gasteiger partial charge is 0.356 e. The van der Waals surface area contributed by atoms with Gasteiger partial charge in [-0.05, 0) is 81.0 Å². The summed E-state index contributed by atoms with van der Waals surface area (Å²) in [6.45, 7) is 11.3. The maximum atomic E-state index is 13.5. The molecule has 6 heteroatoms. The summed E-state index contributed by atoms with van der Waals surface area (Å²) in [5, 5.41) is 3.11. The van der Waals surface area contributed by atoms with Gasteiger partial charge in [-0.2, -0.15) is 4.58 Å². The van der Waals surface area contributed by atoms with Crippen LogP contribution in [0.4, 0.5) is 17.1 Å². The van der Waals surface area contributed by atoms with Crippen molar-refractivity contribution >= 4 is 34.6 Å². The van der Waals surface area contributed by atoms with Crippen molar-refractivity contribution in [1.82, 2.24) is 5.32 Å². The highest BCUT2D eigenvalue weighted by Crippen LogP contribution is 2.47. The molecule has 0 unspecified atom stereocenters. The van der Waals surface area contributed by atoms with Crippen molar-refractivity contribution in [2.24, 2.45) is 0 Å². The van der Waals surface area contributed by atoms with E-state index in [0.29, 0.717) is 25.9 Å². The molecule has 2 amide bonds. The van der Waals surface area contributed by atoms with Gasteiger partial charge in [-0.15, -0.1) is 0 Å². The van der Waals surface area contributed by atoms with Crippen molar-refractivity contribution in [1.29, 1.82) is 0 Å². The van der Waals surface area contributed by atoms with E-state index in [0.717, 1.165) is 67.4 Å². The first kappa shape index (κ1) is 42.9. The van der Waals surface area contributed by atoms with Gasteiger partial charge >= 0.3 is 0 Å². The van der Waals surface area contributed by atoms with E-state index in [1.807, 2.05) is 47.4 Å². The summed E-state index contributed by atoms with van der Waals surface area (Å²) in [7, 11) is 2.15. The summed E-state index contributed by atoms with van der Waals surface area (Å²) in [5.74, 6) is 6.77. The van der Waals surface area contributed by atoms with Gasteiger partial charge in [0.05, 0.1) is 17.6 Å². The highest BCUT2D eigenvalue weighted by Gasteiger charge is 2.42. The van der Waals surface area contributed by atoms with Crippen LogP contribution in [-0.2, 0) is 27.0 Å². The van der Waals surface area contributed by atoms with E-state index in [1.54, 1.807) is 0 Å². The van der Waals surface area contributed by atoms with Crippen molar-refractivity contribution in [3.8, 4) is 11.8 Å². The molecule has 0 aromatic heterocycles. The van der Waals surface area contributed by atoms with Crippen LogP contribution in [0.1, 0.15) is 107 Å². The summed E-state index contributed by atoms with van der Waals surface area (Å²) in [6, 6.07) is 33.4. The topological polar surface area (TPSA) is 55.7 Å². The maximum Gasteiger partial charge on any atom is 0.227 e. The number of fused-ring (bicyclic) bond motifs is 4. The quantitative estimate of drug-likeness (QED) is 0.0531. The van der Waals surface area contributed by atoms with Crippen LogP contribution in [0, 0.1) is 11.8 Å². The number of para-hydroxylation sites is 3. The monoisotopic (exact) mass is 809 g/mol. The molecule has 312 valence electrons. The highest BCUT2D eigenvalue weighted by atomic mass is 16.2. The Bertz CT molecular complexity index is 2470. The summed E-state index contributed by atoms with van der Waals surface area (Å²) in [6.07, 6.45) is 21.5. The molecular weight excluding hydrogens is 749 g/mol. The maximum absolute atomic E-state index is 13.5. The lowest BCUT2D eigenvalue weighted by molar-refractivity contribution is -0.401. The minimum Gasteiger partial charge on any atom is -0.356 e. The Balaban J connectivity index is 0.831. The molecule has 0 atom stereocenters. The number of hydrogen-bond acceptors (Lipinski definition) is 3. The van der Waals surface area contributed by atoms with Gasteiger partial charge in [0.1, 0.15) is 7.05 Å². The highest BCUT2D eigenvalue weighted by molar-refractivity contribution is 6.03. The van der Waals surface area contributed by atoms with Gasteiger partial charge in [-0.3, -0.25) is 9.59 Å². The zero-order valence-corrected chi connectivity index (χ0v) is 36.7. The SMILES string of the molecule is C[N+]1=C(C=CC=CC=CC=C2N(CCCCCC(=O)NCCCCCC(=O)N3Cc4ccccc4C#Cc4ccccc43)c3ccccc3C2(C)C)C(C)(C)c2ccccc21. The van der Waals surface area contributed by atoms with E-state index in [9.17, 15) is 9.59 Å². The van der Waals surface area contributed by atoms with Crippen LogP contribution in [-0.4, -0.2) is 42.2 Å². The Morgan fingerprint density at radius 1 is 0.672 bits per heavy atom. The van der Waals surface area contributed by atoms with E-state index in [-0.39, 0.29) is 22.6 Å². The van der Waals surface area contributed by atoms with E-state index < -0.39 is 0 Å². The second-order valence-electron chi connectivity index (χ2n) is 17.4. The smallest absolute Gasteiger partial charge is 0.227 e. The predicted octanol–water partition coefficient (Wildman–Crippen LogP) is 11.2. The van der Waals surface area contributed by atoms with Gasteiger partial charge in [0, 0.05) is 71.6 Å². The zero-order chi connectivity index (χ0) is 42.8. The van der Waals surface area contributed by atoms with Crippen LogP contribution in [0.15, 0.2) is 145 Å². The van der Waals surface area contributed by atoms with Crippen LogP contribution in [0.25, 0.3) is 0 Å². The van der Waals surface area contributed by atoms with Crippen LogP contribution in [0.2, 0.25) is 0 Å². The van der Waals surface area contributed by atoms with Crippen molar-refractivity contribution < 1.29 is 14.2 Å². The van der Waals surface area contributed by atoms with Crippen LogP contribution in [0.5, 0.6) is 0 Å². The standard InChI is InChI=1S/C55H60N4O2/c1-54(2)45-28-18-21-31-48(45)57(5)50(54)33-11-7-6-8-12-34-51-55(3,4)46-29-19-22-32-49(46)58(51)40-24-10-13-35-52(60)56-39-23-9-14-36-53(61)59-41-44-27-16-15-25-42(44)37-38-43-26-17-20-30-47(43)59/h6-8,11-12,15-22,25-34H,9-10,13-14,23-24,35-36,39-41H2,1-5H3/p+1. The first-order chi connectivity index (χ1) is 29.6. The molecule has 7 rings (SSSR count). The number of unbranched alkanes of at least 4 members (excludes halogenated alkanes) is 4. The van der Waals surface area contributed by atoms with Crippen molar-refractivity contribution in [3.05, 3.63) is 173 Å². The minimum atomic E-state index is -0.110. The van der Waals surface area contributed by atoms with Gasteiger partial charge in [0.15, 0.2) is 5.71 Å². The van der Waals surface area contributed by atoms with Crippen LogP contribution in [0.3, 0.4) is 0 Å². The molecule has 1 N–H and O–H groups in total. The Morgan fingerprint density at radius 2 is 1.31 bits per heavy atom. The first-order valence-corrected chi connectivity index (χ1v) is 22.1. The molecule has 61 heavy (non-hydrogen) atoms. The van der Waals surface area contributed by atoms with Crippen molar-refractivity contribution in [2.45, 2.75) is 96.4 Å². The molecular formula is C55H61N4O2+. The molecule has 4 aromatic rings. The van der Waals surface area contributed by atoms with Crippen molar-refractivity contribution in [2.75, 3.05) is 29.9 Å². The Hall–Kier alpha value is -6.19. The Morgan fingerprint density at radius 3 is 2.13 bits per heavy atom. The number of nitrogens with zero attached hydrogens (tertiary/aromatic N) is 3. The number of benzene rings is 4. The summed E-state index contributed by atoms with van der Waals surface area (Å²) >= 11 is 0. The second kappa shape index (κ2) is 19.5. The van der Waals surface area contributed by atoms with E-state index >= 15 is 0 Å². The molecule has 0 aliphatic carbocycles. The fourth-order valence-electron chi connectivity index (χ4n) is 9.14. The fraction of sp³-hybridized carbons (Fsp3) is 0.327. The van der Waals surface area contributed by atoms with E-state index in [2.05, 4.69) is 159 Å². The van der Waals surface area contributed by atoms with Gasteiger partial charge < -0.3 is 15.1 Å². The lowest BCUT2D eigenvalue weighted by Crippen LogP contribution is -2.31. The normalized spacial score (nSPS) is 16.6. The number of amides is 2. The average Bonchev–Trinajstić information content (AvgIpc) is 3.59. The Labute approximate surface area is 364 Å². The summed E-state index contributed by atoms with van der Waals surface area (Å²) in [5.41, 5.74) is 11.5. The molecule has 0 fully saturated rings. The third-order valence-corrected chi connectivity index (χ3v) is 12.5. The van der Waals surface area contributed by atoms with Gasteiger partial charge in [-0.25, -0.2) is 0 Å². The van der Waals surface area contributed by atoms with Crippen LogP contribution >= 0.6 is 0 Å².